The van der Waals surface area contributed by atoms with Gasteiger partial charge in [0, 0.05) is 33.0 Å². The van der Waals surface area contributed by atoms with E-state index in [1.165, 1.54) is 86.0 Å². The second kappa shape index (κ2) is 11.3. The van der Waals surface area contributed by atoms with Gasteiger partial charge in [0.15, 0.2) is 0 Å². The van der Waals surface area contributed by atoms with Gasteiger partial charge < -0.3 is 9.80 Å². The standard InChI is InChI=1S/C53H63BN2S/c1-30-26-39-43-40(27-30)56(38-29-36-35(28-31(38)2)50(9,10)22-23-51(36,11)12)47-45-42-46(57-47)52(13,14)24-25-53(42,15)41-34(49(6,7)8)20-21-37(44(41)54(43)45)55(39)33-18-16-32(17-19-33)48(3,4)5/h16-21,26-29H,22-25H2,1-15H3. The summed E-state index contributed by atoms with van der Waals surface area (Å²) in [5.41, 5.74) is 23.7. The molecule has 0 N–H and O–H groups in total. The summed E-state index contributed by atoms with van der Waals surface area (Å²) in [6, 6.07) is 24.8. The van der Waals surface area contributed by atoms with Crippen molar-refractivity contribution in [3.8, 4) is 0 Å². The first-order valence-corrected chi connectivity index (χ1v) is 22.6. The van der Waals surface area contributed by atoms with E-state index in [9.17, 15) is 0 Å². The van der Waals surface area contributed by atoms with E-state index in [0.717, 1.165) is 6.42 Å². The lowest BCUT2D eigenvalue weighted by Gasteiger charge is -2.53. The molecule has 0 saturated carbocycles. The summed E-state index contributed by atoms with van der Waals surface area (Å²) in [4.78, 5) is 7.04. The van der Waals surface area contributed by atoms with Gasteiger partial charge in [-0.25, -0.2) is 0 Å². The predicted molar refractivity (Wildman–Crippen MR) is 249 cm³/mol. The summed E-state index contributed by atoms with van der Waals surface area (Å²) in [6.07, 6.45) is 4.78. The molecule has 0 amide bonds. The smallest absolute Gasteiger partial charge is 0.254 e. The molecular weight excluding hydrogens is 707 g/mol. The van der Waals surface area contributed by atoms with Gasteiger partial charge in [0.25, 0.3) is 6.71 Å². The molecule has 1 unspecified atom stereocenters. The van der Waals surface area contributed by atoms with Gasteiger partial charge in [0.2, 0.25) is 0 Å². The first-order chi connectivity index (χ1) is 26.5. The van der Waals surface area contributed by atoms with E-state index in [1.807, 2.05) is 0 Å². The molecule has 5 aromatic rings. The van der Waals surface area contributed by atoms with Gasteiger partial charge in [-0.05, 0) is 164 Å². The van der Waals surface area contributed by atoms with E-state index in [1.54, 1.807) is 32.5 Å². The minimum absolute atomic E-state index is 0.00789. The molecular formula is C53H63BN2S. The third-order valence-corrected chi connectivity index (χ3v) is 17.0. The average Bonchev–Trinajstić information content (AvgIpc) is 3.54. The van der Waals surface area contributed by atoms with E-state index < -0.39 is 0 Å². The lowest BCUT2D eigenvalue weighted by atomic mass is 9.28. The highest BCUT2D eigenvalue weighted by molar-refractivity contribution is 7.21. The quantitative estimate of drug-likeness (QED) is 0.162. The molecule has 5 aliphatic rings. The molecule has 10 rings (SSSR count). The maximum Gasteiger partial charge on any atom is 0.254 e. The molecule has 0 radical (unpaired) electrons. The maximum atomic E-state index is 2.77. The number of benzene rings is 4. The van der Waals surface area contributed by atoms with E-state index in [0.29, 0.717) is 0 Å². The van der Waals surface area contributed by atoms with Crippen molar-refractivity contribution in [3.63, 3.8) is 0 Å². The lowest BCUT2D eigenvalue weighted by molar-refractivity contribution is 0.332. The van der Waals surface area contributed by atoms with Crippen LogP contribution in [0.1, 0.15) is 165 Å². The van der Waals surface area contributed by atoms with Gasteiger partial charge in [0.05, 0.1) is 10.7 Å². The van der Waals surface area contributed by atoms with Crippen molar-refractivity contribution in [2.75, 3.05) is 9.80 Å². The summed E-state index contributed by atoms with van der Waals surface area (Å²) in [7, 11) is 0. The molecule has 4 heteroatoms. The second-order valence-electron chi connectivity index (χ2n) is 23.0. The zero-order valence-electron chi connectivity index (χ0n) is 37.5. The second-order valence-corrected chi connectivity index (χ2v) is 24.0. The van der Waals surface area contributed by atoms with Gasteiger partial charge in [0.1, 0.15) is 0 Å². The SMILES string of the molecule is Cc1cc2c3c(c1)N(c1cc4c(cc1C)C(C)(C)CCC4(C)C)c1sc4c5c1B3c1c(ccc(C(C)(C)C)c1C5(C)CCC4(C)C)N2c1ccc(C(C)(C)C)cc1. The minimum Gasteiger partial charge on any atom is -0.311 e. The van der Waals surface area contributed by atoms with Crippen LogP contribution < -0.4 is 26.2 Å². The molecule has 1 aromatic heterocycles. The van der Waals surface area contributed by atoms with Crippen molar-refractivity contribution < 1.29 is 0 Å². The number of hydrogen-bond acceptors (Lipinski definition) is 3. The van der Waals surface area contributed by atoms with Gasteiger partial charge in [-0.1, -0.05) is 114 Å². The van der Waals surface area contributed by atoms with Crippen molar-refractivity contribution in [2.24, 2.45) is 0 Å². The lowest BCUT2D eigenvalue weighted by Crippen LogP contribution is -2.68. The molecule has 0 fully saturated rings. The zero-order valence-corrected chi connectivity index (χ0v) is 38.3. The van der Waals surface area contributed by atoms with Crippen LogP contribution in [-0.4, -0.2) is 6.71 Å². The Morgan fingerprint density at radius 1 is 0.561 bits per heavy atom. The van der Waals surface area contributed by atoms with Crippen molar-refractivity contribution >= 4 is 67.9 Å². The number of hydrogen-bond donors (Lipinski definition) is 0. The maximum absolute atomic E-state index is 2.77. The van der Waals surface area contributed by atoms with Crippen LogP contribution in [0.3, 0.4) is 0 Å². The number of thiophene rings is 1. The van der Waals surface area contributed by atoms with Crippen molar-refractivity contribution in [1.29, 1.82) is 0 Å². The zero-order chi connectivity index (χ0) is 40.7. The van der Waals surface area contributed by atoms with Crippen LogP contribution in [0.25, 0.3) is 0 Å². The molecule has 0 saturated heterocycles. The number of rotatable bonds is 2. The molecule has 4 aromatic carbocycles. The number of aryl methyl sites for hydroxylation is 2. The average molecular weight is 771 g/mol. The Morgan fingerprint density at radius 2 is 1.16 bits per heavy atom. The monoisotopic (exact) mass is 770 g/mol. The van der Waals surface area contributed by atoms with Crippen molar-refractivity contribution in [2.45, 2.75) is 162 Å². The fourth-order valence-electron chi connectivity index (χ4n) is 11.9. The van der Waals surface area contributed by atoms with Crippen LogP contribution in [0.2, 0.25) is 0 Å². The first kappa shape index (κ1) is 37.5. The summed E-state index contributed by atoms with van der Waals surface area (Å²) < 4.78 is 0. The molecule has 0 spiro atoms. The summed E-state index contributed by atoms with van der Waals surface area (Å²) in [5, 5.41) is 1.46. The third kappa shape index (κ3) is 4.95. The van der Waals surface area contributed by atoms with E-state index in [4.69, 9.17) is 0 Å². The fourth-order valence-corrected chi connectivity index (χ4v) is 13.6. The van der Waals surface area contributed by atoms with Crippen molar-refractivity contribution in [1.82, 2.24) is 0 Å². The summed E-state index contributed by atoms with van der Waals surface area (Å²) >= 11 is 2.13. The van der Waals surface area contributed by atoms with E-state index in [2.05, 4.69) is 186 Å². The Hall–Kier alpha value is -3.76. The van der Waals surface area contributed by atoms with Gasteiger partial charge in [-0.3, -0.25) is 0 Å². The third-order valence-electron chi connectivity index (χ3n) is 15.4. The largest absolute Gasteiger partial charge is 0.311 e. The highest BCUT2D eigenvalue weighted by atomic mass is 32.1. The number of fused-ring (bicyclic) bond motifs is 2. The Kier molecular flexibility index (Phi) is 7.43. The van der Waals surface area contributed by atoms with Crippen LogP contribution in [0, 0.1) is 13.8 Å². The normalized spacial score (nSPS) is 21.7. The van der Waals surface area contributed by atoms with Gasteiger partial charge in [-0.2, -0.15) is 0 Å². The van der Waals surface area contributed by atoms with Crippen LogP contribution >= 0.6 is 11.3 Å². The van der Waals surface area contributed by atoms with Crippen LogP contribution in [0.15, 0.2) is 60.7 Å². The minimum atomic E-state index is -0.0799. The molecule has 1 atom stereocenters. The molecule has 2 nitrogen and oxygen atoms in total. The molecule has 0 bridgehead atoms. The van der Waals surface area contributed by atoms with Crippen LogP contribution in [-0.2, 0) is 32.5 Å². The Balaban J connectivity index is 1.36. The molecule has 57 heavy (non-hydrogen) atoms. The van der Waals surface area contributed by atoms with Crippen LogP contribution in [0.4, 0.5) is 33.4 Å². The predicted octanol–water partition coefficient (Wildman–Crippen LogP) is 13.1. The Bertz CT molecular complexity index is 2570. The van der Waals surface area contributed by atoms with Crippen LogP contribution in [0.5, 0.6) is 0 Å². The Labute approximate surface area is 348 Å². The highest BCUT2D eigenvalue weighted by Crippen LogP contribution is 2.60. The molecule has 4 heterocycles. The highest BCUT2D eigenvalue weighted by Gasteiger charge is 2.58. The molecule has 2 aliphatic carbocycles. The first-order valence-electron chi connectivity index (χ1n) is 21.8. The van der Waals surface area contributed by atoms with Gasteiger partial charge in [-0.15, -0.1) is 11.3 Å². The van der Waals surface area contributed by atoms with E-state index in [-0.39, 0.29) is 39.2 Å². The number of nitrogens with zero attached hydrogens (tertiary/aromatic N) is 2. The summed E-state index contributed by atoms with van der Waals surface area (Å²) in [6.45, 7) is 36.8. The summed E-state index contributed by atoms with van der Waals surface area (Å²) in [5.74, 6) is 0. The fraction of sp³-hybridized carbons (Fsp3) is 0.472. The Morgan fingerprint density at radius 3 is 1.77 bits per heavy atom. The van der Waals surface area contributed by atoms with E-state index >= 15 is 0 Å². The van der Waals surface area contributed by atoms with Gasteiger partial charge >= 0.3 is 0 Å². The van der Waals surface area contributed by atoms with Crippen molar-refractivity contribution in [3.05, 3.63) is 110 Å². The molecule has 294 valence electrons. The topological polar surface area (TPSA) is 6.48 Å². The molecule has 3 aliphatic heterocycles. The number of anilines is 6.